The monoisotopic (exact) mass is 355 g/mol. The topological polar surface area (TPSA) is 80.6 Å². The number of hydrogen-bond acceptors (Lipinski definition) is 4. The smallest absolute Gasteiger partial charge is 0.267 e. The molecule has 8 heteroatoms. The average molecular weight is 355 g/mol. The molecule has 1 N–H and O–H groups in total. The Balaban J connectivity index is 1.57. The van der Waals surface area contributed by atoms with Crippen LogP contribution in [0.15, 0.2) is 18.3 Å². The van der Waals surface area contributed by atoms with Gasteiger partial charge in [0.25, 0.3) is 5.91 Å². The first-order valence-corrected chi connectivity index (χ1v) is 10.2. The Bertz CT molecular complexity index is 715. The molecule has 134 valence electrons. The molecule has 1 amide bonds. The lowest BCUT2D eigenvalue weighted by molar-refractivity contribution is -0.116. The van der Waals surface area contributed by atoms with E-state index < -0.39 is 10.0 Å². The molecule has 3 heterocycles. The van der Waals surface area contributed by atoms with Crippen LogP contribution in [0.4, 0.5) is 0 Å². The van der Waals surface area contributed by atoms with Crippen LogP contribution < -0.4 is 5.32 Å². The summed E-state index contributed by atoms with van der Waals surface area (Å²) in [5.74, 6) is -0.116. The fourth-order valence-electron chi connectivity index (χ4n) is 3.65. The number of hydrogen-bond donors (Lipinski definition) is 1. The summed E-state index contributed by atoms with van der Waals surface area (Å²) in [6.07, 6.45) is 6.48. The van der Waals surface area contributed by atoms with E-state index in [0.29, 0.717) is 25.3 Å². The van der Waals surface area contributed by atoms with Crippen LogP contribution in [0.3, 0.4) is 0 Å². The van der Waals surface area contributed by atoms with Gasteiger partial charge in [-0.3, -0.25) is 4.79 Å². The van der Waals surface area contributed by atoms with Gasteiger partial charge in [0.2, 0.25) is 10.0 Å². The number of carbonyl (C=O) groups excluding carboxylic acids is 1. The molecule has 2 fully saturated rings. The fourth-order valence-corrected chi connectivity index (χ4v) is 4.55. The van der Waals surface area contributed by atoms with Gasteiger partial charge in [-0.1, -0.05) is 0 Å². The van der Waals surface area contributed by atoms with Crippen molar-refractivity contribution in [2.24, 2.45) is 7.05 Å². The first-order chi connectivity index (χ1) is 11.3. The summed E-state index contributed by atoms with van der Waals surface area (Å²) >= 11 is 0. The van der Waals surface area contributed by atoms with E-state index in [1.807, 2.05) is 19.3 Å². The lowest BCUT2D eigenvalue weighted by Crippen LogP contribution is -2.47. The van der Waals surface area contributed by atoms with Gasteiger partial charge < -0.3 is 14.6 Å². The molecule has 2 atom stereocenters. The zero-order valence-electron chi connectivity index (χ0n) is 14.2. The number of nitrogens with zero attached hydrogens (tertiary/aromatic N) is 2. The highest BCUT2D eigenvalue weighted by atomic mass is 32.2. The largest absolute Gasteiger partial charge is 0.369 e. The second-order valence-corrected chi connectivity index (χ2v) is 8.86. The third-order valence-corrected chi connectivity index (χ3v) is 6.24. The van der Waals surface area contributed by atoms with Crippen molar-refractivity contribution in [1.82, 2.24) is 14.2 Å². The van der Waals surface area contributed by atoms with Gasteiger partial charge in [0.15, 0.2) is 0 Å². The van der Waals surface area contributed by atoms with Gasteiger partial charge >= 0.3 is 0 Å². The molecule has 0 unspecified atom stereocenters. The van der Waals surface area contributed by atoms with Crippen molar-refractivity contribution in [3.8, 4) is 0 Å². The average Bonchev–Trinajstić information content (AvgIpc) is 3.12. The molecule has 2 saturated heterocycles. The van der Waals surface area contributed by atoms with E-state index in [1.165, 1.54) is 10.6 Å². The Labute approximate surface area is 143 Å². The van der Waals surface area contributed by atoms with E-state index in [0.717, 1.165) is 25.7 Å². The Kier molecular flexibility index (Phi) is 4.72. The van der Waals surface area contributed by atoms with E-state index in [2.05, 4.69) is 5.32 Å². The zero-order chi connectivity index (χ0) is 17.4. The molecule has 0 bridgehead atoms. The minimum Gasteiger partial charge on any atom is -0.369 e. The number of aryl methyl sites for hydroxylation is 1. The minimum absolute atomic E-state index is 0.0671. The summed E-state index contributed by atoms with van der Waals surface area (Å²) in [4.78, 5) is 12.2. The van der Waals surface area contributed by atoms with Crippen LogP contribution in [0.1, 0.15) is 36.2 Å². The molecular formula is C16H25N3O4S. The highest BCUT2D eigenvalue weighted by Crippen LogP contribution is 2.37. The number of carbonyl (C=O) groups is 1. The Morgan fingerprint density at radius 1 is 1.46 bits per heavy atom. The molecule has 3 rings (SSSR count). The molecule has 2 aliphatic heterocycles. The predicted molar refractivity (Wildman–Crippen MR) is 90.2 cm³/mol. The molecule has 24 heavy (non-hydrogen) atoms. The lowest BCUT2D eigenvalue weighted by atomic mass is 9.90. The normalized spacial score (nSPS) is 28.3. The maximum Gasteiger partial charge on any atom is 0.267 e. The lowest BCUT2D eigenvalue weighted by Gasteiger charge is -2.38. The summed E-state index contributed by atoms with van der Waals surface area (Å²) in [5, 5.41) is 2.93. The van der Waals surface area contributed by atoms with Crippen LogP contribution in [-0.4, -0.2) is 60.8 Å². The van der Waals surface area contributed by atoms with Crippen molar-refractivity contribution in [2.75, 3.05) is 25.9 Å². The predicted octanol–water partition coefficient (Wildman–Crippen LogP) is 0.728. The SMILES string of the molecule is Cn1cccc1C(=O)NC[C@@H]1CCC[C@@]2(CCN(S(C)(=O)=O)C2)O1. The van der Waals surface area contributed by atoms with Crippen molar-refractivity contribution in [2.45, 2.75) is 37.4 Å². The zero-order valence-corrected chi connectivity index (χ0v) is 15.0. The number of aromatic nitrogens is 1. The van der Waals surface area contributed by atoms with Crippen molar-refractivity contribution >= 4 is 15.9 Å². The Hall–Kier alpha value is -1.38. The third-order valence-electron chi connectivity index (χ3n) is 4.99. The molecule has 1 spiro atoms. The van der Waals surface area contributed by atoms with E-state index >= 15 is 0 Å². The van der Waals surface area contributed by atoms with Crippen LogP contribution in [0.5, 0.6) is 0 Å². The molecule has 0 aromatic carbocycles. The summed E-state index contributed by atoms with van der Waals surface area (Å²) in [5.41, 5.74) is 0.228. The first kappa shape index (κ1) is 17.4. The molecule has 7 nitrogen and oxygen atoms in total. The summed E-state index contributed by atoms with van der Waals surface area (Å²) in [6.45, 7) is 1.39. The second kappa shape index (κ2) is 6.50. The molecule has 0 saturated carbocycles. The third kappa shape index (κ3) is 3.65. The molecule has 1 aromatic heterocycles. The maximum absolute atomic E-state index is 12.2. The van der Waals surface area contributed by atoms with E-state index in [9.17, 15) is 13.2 Å². The summed E-state index contributed by atoms with van der Waals surface area (Å²) < 4.78 is 33.0. The maximum atomic E-state index is 12.2. The first-order valence-electron chi connectivity index (χ1n) is 8.32. The molecule has 1 aromatic rings. The molecular weight excluding hydrogens is 330 g/mol. The number of amides is 1. The van der Waals surface area contributed by atoms with Crippen LogP contribution in [0.2, 0.25) is 0 Å². The van der Waals surface area contributed by atoms with Crippen LogP contribution in [0.25, 0.3) is 0 Å². The van der Waals surface area contributed by atoms with Crippen LogP contribution in [-0.2, 0) is 21.8 Å². The van der Waals surface area contributed by atoms with Gasteiger partial charge in [0.1, 0.15) is 5.69 Å². The molecule has 0 radical (unpaired) electrons. The van der Waals surface area contributed by atoms with E-state index in [4.69, 9.17) is 4.74 Å². The fraction of sp³-hybridized carbons (Fsp3) is 0.688. The number of rotatable bonds is 4. The standard InChI is InChI=1S/C16H25N3O4S/c1-18-9-4-6-14(18)15(20)17-11-13-5-3-7-16(23-13)8-10-19(12-16)24(2,21)22/h4,6,9,13H,3,5,7-8,10-12H2,1-2H3,(H,17,20)/t13-,16-/m0/s1. The van der Waals surface area contributed by atoms with Gasteiger partial charge in [-0.2, -0.15) is 4.31 Å². The summed E-state index contributed by atoms with van der Waals surface area (Å²) in [7, 11) is -1.34. The van der Waals surface area contributed by atoms with E-state index in [-0.39, 0.29) is 17.6 Å². The Morgan fingerprint density at radius 3 is 2.88 bits per heavy atom. The molecule has 0 aliphatic carbocycles. The van der Waals surface area contributed by atoms with E-state index in [1.54, 1.807) is 10.6 Å². The van der Waals surface area contributed by atoms with Crippen molar-refractivity contribution in [3.63, 3.8) is 0 Å². The van der Waals surface area contributed by atoms with Crippen LogP contribution >= 0.6 is 0 Å². The van der Waals surface area contributed by atoms with Gasteiger partial charge in [0.05, 0.1) is 18.0 Å². The van der Waals surface area contributed by atoms with Gasteiger partial charge in [0, 0.05) is 32.9 Å². The van der Waals surface area contributed by atoms with Gasteiger partial charge in [-0.05, 0) is 37.8 Å². The Morgan fingerprint density at radius 2 is 2.25 bits per heavy atom. The highest BCUT2D eigenvalue weighted by molar-refractivity contribution is 7.88. The number of nitrogens with one attached hydrogen (secondary N) is 1. The summed E-state index contributed by atoms with van der Waals surface area (Å²) in [6, 6.07) is 3.61. The highest BCUT2D eigenvalue weighted by Gasteiger charge is 2.45. The van der Waals surface area contributed by atoms with Gasteiger partial charge in [-0.15, -0.1) is 0 Å². The van der Waals surface area contributed by atoms with Crippen molar-refractivity contribution in [1.29, 1.82) is 0 Å². The van der Waals surface area contributed by atoms with Crippen molar-refractivity contribution < 1.29 is 17.9 Å². The van der Waals surface area contributed by atoms with Crippen LogP contribution in [0, 0.1) is 0 Å². The molecule has 2 aliphatic rings. The second-order valence-electron chi connectivity index (χ2n) is 6.88. The quantitative estimate of drug-likeness (QED) is 0.863. The number of sulfonamides is 1. The number of ether oxygens (including phenoxy) is 1. The van der Waals surface area contributed by atoms with Gasteiger partial charge in [-0.25, -0.2) is 8.42 Å². The minimum atomic E-state index is -3.17. The van der Waals surface area contributed by atoms with Crippen molar-refractivity contribution in [3.05, 3.63) is 24.0 Å².